The van der Waals surface area contributed by atoms with Crippen LogP contribution in [-0.4, -0.2) is 61.1 Å². The number of nitrogen functional groups attached to an aromatic ring is 1. The summed E-state index contributed by atoms with van der Waals surface area (Å²) in [4.78, 5) is 9.12. The molecule has 0 aromatic carbocycles. The summed E-state index contributed by atoms with van der Waals surface area (Å²) < 4.78 is 0. The molecule has 1 aliphatic rings. The molecule has 0 radical (unpaired) electrons. The fraction of sp³-hybridized carbons (Fsp3) is 0.615. The van der Waals surface area contributed by atoms with Crippen molar-refractivity contribution in [2.24, 2.45) is 0 Å². The number of hydrogen-bond acceptors (Lipinski definition) is 5. The van der Waals surface area contributed by atoms with Crippen molar-refractivity contribution in [2.75, 3.05) is 57.4 Å². The third kappa shape index (κ3) is 3.58. The molecule has 1 aromatic heterocycles. The third-order valence-corrected chi connectivity index (χ3v) is 3.48. The van der Waals surface area contributed by atoms with Crippen LogP contribution >= 0.6 is 0 Å². The number of hydrogen-bond donors (Lipinski definition) is 2. The Morgan fingerprint density at radius 1 is 1.33 bits per heavy atom. The zero-order valence-corrected chi connectivity index (χ0v) is 11.3. The minimum absolute atomic E-state index is 0.750. The fourth-order valence-corrected chi connectivity index (χ4v) is 2.08. The van der Waals surface area contributed by atoms with Crippen LogP contribution in [0.5, 0.6) is 0 Å². The third-order valence-electron chi connectivity index (χ3n) is 3.48. The summed E-state index contributed by atoms with van der Waals surface area (Å²) in [6.45, 7) is 8.65. The SMILES string of the molecule is Cc1cc(NCCN2CCN(C)CC2)ncc1N. The second-order valence-corrected chi connectivity index (χ2v) is 5.00. The van der Waals surface area contributed by atoms with E-state index in [2.05, 4.69) is 27.1 Å². The highest BCUT2D eigenvalue weighted by Gasteiger charge is 2.12. The number of nitrogens with one attached hydrogen (secondary N) is 1. The van der Waals surface area contributed by atoms with Crippen molar-refractivity contribution in [1.82, 2.24) is 14.8 Å². The quantitative estimate of drug-likeness (QED) is 0.820. The van der Waals surface area contributed by atoms with Crippen LogP contribution in [0.15, 0.2) is 12.3 Å². The van der Waals surface area contributed by atoms with Crippen LogP contribution in [0.3, 0.4) is 0 Å². The van der Waals surface area contributed by atoms with E-state index < -0.39 is 0 Å². The van der Waals surface area contributed by atoms with Crippen molar-refractivity contribution in [3.05, 3.63) is 17.8 Å². The van der Waals surface area contributed by atoms with Crippen LogP contribution in [-0.2, 0) is 0 Å². The molecule has 2 heterocycles. The highest BCUT2D eigenvalue weighted by atomic mass is 15.2. The molecule has 5 nitrogen and oxygen atoms in total. The lowest BCUT2D eigenvalue weighted by atomic mass is 10.2. The lowest BCUT2D eigenvalue weighted by Crippen LogP contribution is -2.45. The molecule has 0 amide bonds. The first-order valence-corrected chi connectivity index (χ1v) is 6.52. The van der Waals surface area contributed by atoms with Crippen LogP contribution in [0.1, 0.15) is 5.56 Å². The van der Waals surface area contributed by atoms with Crippen molar-refractivity contribution in [2.45, 2.75) is 6.92 Å². The summed E-state index contributed by atoms with van der Waals surface area (Å²) in [7, 11) is 2.18. The second-order valence-electron chi connectivity index (χ2n) is 5.00. The van der Waals surface area contributed by atoms with E-state index in [0.717, 1.165) is 43.2 Å². The lowest BCUT2D eigenvalue weighted by molar-refractivity contribution is 0.158. The summed E-state index contributed by atoms with van der Waals surface area (Å²) >= 11 is 0. The van der Waals surface area contributed by atoms with Gasteiger partial charge in [0.05, 0.1) is 11.9 Å². The number of nitrogens with two attached hydrogens (primary N) is 1. The molecule has 0 saturated carbocycles. The molecule has 0 spiro atoms. The van der Waals surface area contributed by atoms with Crippen molar-refractivity contribution in [1.29, 1.82) is 0 Å². The standard InChI is InChI=1S/C13H23N5/c1-11-9-13(16-10-12(11)14)15-3-4-18-7-5-17(2)6-8-18/h9-10H,3-8,14H2,1-2H3,(H,15,16). The zero-order valence-electron chi connectivity index (χ0n) is 11.3. The van der Waals surface area contributed by atoms with Gasteiger partial charge >= 0.3 is 0 Å². The number of likely N-dealkylation sites (N-methyl/N-ethyl adjacent to an activating group) is 1. The maximum atomic E-state index is 5.74. The van der Waals surface area contributed by atoms with Gasteiger partial charge in [0, 0.05) is 39.3 Å². The Bertz CT molecular complexity index is 385. The topological polar surface area (TPSA) is 57.4 Å². The molecule has 0 aliphatic carbocycles. The monoisotopic (exact) mass is 249 g/mol. The highest BCUT2D eigenvalue weighted by Crippen LogP contribution is 2.12. The van der Waals surface area contributed by atoms with E-state index in [0.29, 0.717) is 0 Å². The van der Waals surface area contributed by atoms with Crippen LogP contribution in [0.2, 0.25) is 0 Å². The van der Waals surface area contributed by atoms with Gasteiger partial charge in [0.1, 0.15) is 5.82 Å². The van der Waals surface area contributed by atoms with Crippen LogP contribution in [0.4, 0.5) is 11.5 Å². The summed E-state index contributed by atoms with van der Waals surface area (Å²) in [6.07, 6.45) is 1.72. The molecule has 1 aromatic rings. The molecule has 1 saturated heterocycles. The molecule has 0 atom stereocenters. The first kappa shape index (κ1) is 13.1. The average molecular weight is 249 g/mol. The van der Waals surface area contributed by atoms with Crippen molar-refractivity contribution < 1.29 is 0 Å². The molecule has 1 aliphatic heterocycles. The van der Waals surface area contributed by atoms with Gasteiger partial charge in [0.25, 0.3) is 0 Å². The predicted octanol–water partition coefficient (Wildman–Crippen LogP) is 0.632. The largest absolute Gasteiger partial charge is 0.397 e. The summed E-state index contributed by atoms with van der Waals surface area (Å²) in [5, 5.41) is 3.35. The first-order chi connectivity index (χ1) is 8.65. The van der Waals surface area contributed by atoms with E-state index in [1.54, 1.807) is 6.20 Å². The van der Waals surface area contributed by atoms with Gasteiger partial charge in [0.2, 0.25) is 0 Å². The number of aromatic nitrogens is 1. The van der Waals surface area contributed by atoms with Crippen LogP contribution in [0.25, 0.3) is 0 Å². The minimum Gasteiger partial charge on any atom is -0.397 e. The molecule has 0 unspecified atom stereocenters. The van der Waals surface area contributed by atoms with Crippen molar-refractivity contribution >= 4 is 11.5 Å². The Kier molecular flexibility index (Phi) is 4.38. The molecule has 2 rings (SSSR count). The van der Waals surface area contributed by atoms with Crippen LogP contribution < -0.4 is 11.1 Å². The first-order valence-electron chi connectivity index (χ1n) is 6.52. The molecule has 0 bridgehead atoms. The van der Waals surface area contributed by atoms with Gasteiger partial charge in [0.15, 0.2) is 0 Å². The molecule has 100 valence electrons. The van der Waals surface area contributed by atoms with Crippen LogP contribution in [0, 0.1) is 6.92 Å². The average Bonchev–Trinajstić information content (AvgIpc) is 2.36. The minimum atomic E-state index is 0.750. The van der Waals surface area contributed by atoms with Gasteiger partial charge in [-0.25, -0.2) is 4.98 Å². The highest BCUT2D eigenvalue weighted by molar-refractivity contribution is 5.50. The van der Waals surface area contributed by atoms with E-state index in [4.69, 9.17) is 5.73 Å². The smallest absolute Gasteiger partial charge is 0.126 e. The normalized spacial score (nSPS) is 17.9. The van der Waals surface area contributed by atoms with Gasteiger partial charge < -0.3 is 16.0 Å². The zero-order chi connectivity index (χ0) is 13.0. The Labute approximate surface area is 109 Å². The summed E-state index contributed by atoms with van der Waals surface area (Å²) in [6, 6.07) is 2.00. The Hall–Kier alpha value is -1.33. The molecule has 18 heavy (non-hydrogen) atoms. The van der Waals surface area contributed by atoms with Crippen molar-refractivity contribution in [3.8, 4) is 0 Å². The lowest BCUT2D eigenvalue weighted by Gasteiger charge is -2.32. The van der Waals surface area contributed by atoms with Crippen molar-refractivity contribution in [3.63, 3.8) is 0 Å². The number of pyridine rings is 1. The Morgan fingerprint density at radius 3 is 2.72 bits per heavy atom. The number of nitrogens with zero attached hydrogens (tertiary/aromatic N) is 3. The van der Waals surface area contributed by atoms with Gasteiger partial charge in [-0.15, -0.1) is 0 Å². The number of piperazine rings is 1. The number of rotatable bonds is 4. The predicted molar refractivity (Wildman–Crippen MR) is 75.8 cm³/mol. The second kappa shape index (κ2) is 6.02. The molecule has 3 N–H and O–H groups in total. The van der Waals surface area contributed by atoms with E-state index >= 15 is 0 Å². The Balaban J connectivity index is 1.73. The van der Waals surface area contributed by atoms with E-state index in [9.17, 15) is 0 Å². The molecular formula is C13H23N5. The molecule has 5 heteroatoms. The summed E-state index contributed by atoms with van der Waals surface area (Å²) in [5.74, 6) is 0.913. The van der Waals surface area contributed by atoms with Gasteiger partial charge in [-0.2, -0.15) is 0 Å². The maximum Gasteiger partial charge on any atom is 0.126 e. The van der Waals surface area contributed by atoms with Gasteiger partial charge in [-0.05, 0) is 25.6 Å². The van der Waals surface area contributed by atoms with E-state index in [-0.39, 0.29) is 0 Å². The summed E-state index contributed by atoms with van der Waals surface area (Å²) in [5.41, 5.74) is 7.57. The van der Waals surface area contributed by atoms with E-state index in [1.807, 2.05) is 13.0 Å². The number of anilines is 2. The van der Waals surface area contributed by atoms with Gasteiger partial charge in [-0.3, -0.25) is 4.90 Å². The fourth-order valence-electron chi connectivity index (χ4n) is 2.08. The molecule has 1 fully saturated rings. The molecular weight excluding hydrogens is 226 g/mol. The van der Waals surface area contributed by atoms with E-state index in [1.165, 1.54) is 13.1 Å². The Morgan fingerprint density at radius 2 is 2.06 bits per heavy atom. The maximum absolute atomic E-state index is 5.74. The van der Waals surface area contributed by atoms with Gasteiger partial charge in [-0.1, -0.05) is 0 Å². The number of aryl methyl sites for hydroxylation is 1.